The lowest BCUT2D eigenvalue weighted by molar-refractivity contribution is -0.117. The first-order chi connectivity index (χ1) is 14.7. The number of hydrogen-bond acceptors (Lipinski definition) is 5. The smallest absolute Gasteiger partial charge is 0.251 e. The van der Waals surface area contributed by atoms with Crippen molar-refractivity contribution in [2.24, 2.45) is 16.9 Å². The summed E-state index contributed by atoms with van der Waals surface area (Å²) >= 11 is 1.78. The van der Waals surface area contributed by atoms with Gasteiger partial charge in [0.2, 0.25) is 0 Å². The molecule has 0 saturated heterocycles. The fourth-order valence-corrected chi connectivity index (χ4v) is 5.22. The van der Waals surface area contributed by atoms with Crippen molar-refractivity contribution in [3.05, 3.63) is 65.0 Å². The minimum atomic E-state index is -0.0345. The van der Waals surface area contributed by atoms with Gasteiger partial charge in [-0.2, -0.15) is 5.10 Å². The lowest BCUT2D eigenvalue weighted by Crippen LogP contribution is -2.25. The highest BCUT2D eigenvalue weighted by Crippen LogP contribution is 2.36. The predicted octanol–water partition coefficient (Wildman–Crippen LogP) is 5.00. The van der Waals surface area contributed by atoms with E-state index >= 15 is 0 Å². The number of carbonyl (C=O) groups excluding carboxylic acids is 1. The van der Waals surface area contributed by atoms with Crippen molar-refractivity contribution in [2.45, 2.75) is 51.5 Å². The summed E-state index contributed by atoms with van der Waals surface area (Å²) in [6.07, 6.45) is 20.8. The number of allylic oxidation sites excluding steroid dienone is 3. The lowest BCUT2D eigenvalue weighted by Gasteiger charge is -2.20. The summed E-state index contributed by atoms with van der Waals surface area (Å²) in [5, 5.41) is 12.1. The van der Waals surface area contributed by atoms with E-state index in [4.69, 9.17) is 5.10 Å². The molecule has 3 aliphatic rings. The highest BCUT2D eigenvalue weighted by Gasteiger charge is 2.26. The van der Waals surface area contributed by atoms with Gasteiger partial charge >= 0.3 is 0 Å². The molecule has 1 aromatic rings. The van der Waals surface area contributed by atoms with Crippen LogP contribution in [0.1, 0.15) is 50.5 Å². The van der Waals surface area contributed by atoms with Crippen molar-refractivity contribution in [3.63, 3.8) is 0 Å². The van der Waals surface area contributed by atoms with E-state index in [0.717, 1.165) is 34.9 Å². The van der Waals surface area contributed by atoms with Gasteiger partial charge in [-0.3, -0.25) is 14.8 Å². The van der Waals surface area contributed by atoms with Gasteiger partial charge in [0.05, 0.1) is 5.03 Å². The zero-order valence-electron chi connectivity index (χ0n) is 17.6. The highest BCUT2D eigenvalue weighted by molar-refractivity contribution is 8.17. The number of nitrogens with one attached hydrogen (secondary N) is 1. The number of hydrazone groups is 1. The molecule has 1 amide bonds. The second-order valence-corrected chi connectivity index (χ2v) is 9.29. The zero-order valence-corrected chi connectivity index (χ0v) is 18.4. The quantitative estimate of drug-likeness (QED) is 0.701. The largest absolute Gasteiger partial charge is 0.348 e. The van der Waals surface area contributed by atoms with Crippen LogP contribution in [0.4, 0.5) is 0 Å². The fraction of sp³-hybridized carbons (Fsp3) is 0.458. The number of nitrogens with zero attached hydrogens (tertiary/aromatic N) is 3. The predicted molar refractivity (Wildman–Crippen MR) is 123 cm³/mol. The molecule has 4 rings (SSSR count). The third-order valence-electron chi connectivity index (χ3n) is 6.01. The van der Waals surface area contributed by atoms with Crippen LogP contribution < -0.4 is 5.32 Å². The number of thioether (sulfide) groups is 1. The van der Waals surface area contributed by atoms with E-state index in [-0.39, 0.29) is 11.8 Å². The molecule has 1 unspecified atom stereocenters. The third-order valence-corrected chi connectivity index (χ3v) is 7.24. The maximum Gasteiger partial charge on any atom is 0.251 e. The molecular formula is C24H30N4OS. The minimum Gasteiger partial charge on any atom is -0.348 e. The third kappa shape index (κ3) is 5.42. The number of carbonyl (C=O) groups is 1. The van der Waals surface area contributed by atoms with Crippen LogP contribution in [0.2, 0.25) is 0 Å². The fourth-order valence-electron chi connectivity index (χ4n) is 4.16. The van der Waals surface area contributed by atoms with Gasteiger partial charge in [-0.05, 0) is 36.5 Å². The standard InChI is InChI=1S/C24H30N4OS/c1-28-22(12-7-18-5-3-2-4-6-18)30-24(27-28)21-10-8-20(9-11-21)23(29)26-17-19-13-15-25-16-14-19/h8-10,12-16,18,21H,2-7,11,17H2,1H3,(H,26,29)/b22-12+. The first-order valence-corrected chi connectivity index (χ1v) is 11.8. The first-order valence-electron chi connectivity index (χ1n) is 10.9. The number of pyridine rings is 1. The zero-order chi connectivity index (χ0) is 20.8. The molecule has 30 heavy (non-hydrogen) atoms. The molecule has 6 heteroatoms. The Morgan fingerprint density at radius 3 is 2.80 bits per heavy atom. The van der Waals surface area contributed by atoms with Crippen LogP contribution in [0.3, 0.4) is 0 Å². The van der Waals surface area contributed by atoms with Crippen molar-refractivity contribution < 1.29 is 4.79 Å². The number of amides is 1. The van der Waals surface area contributed by atoms with Gasteiger partial charge in [0.25, 0.3) is 5.91 Å². The Kier molecular flexibility index (Phi) is 7.05. The van der Waals surface area contributed by atoms with E-state index in [1.165, 1.54) is 37.1 Å². The van der Waals surface area contributed by atoms with Crippen LogP contribution in [-0.2, 0) is 11.3 Å². The Balaban J connectivity index is 1.27. The Morgan fingerprint density at radius 2 is 2.07 bits per heavy atom. The monoisotopic (exact) mass is 422 g/mol. The van der Waals surface area contributed by atoms with Crippen molar-refractivity contribution in [1.29, 1.82) is 0 Å². The first kappa shape index (κ1) is 20.9. The molecule has 1 saturated carbocycles. The highest BCUT2D eigenvalue weighted by atomic mass is 32.2. The molecule has 0 spiro atoms. The van der Waals surface area contributed by atoms with E-state index < -0.39 is 0 Å². The molecule has 0 radical (unpaired) electrons. The van der Waals surface area contributed by atoms with Gasteiger partial charge < -0.3 is 5.32 Å². The molecule has 1 atom stereocenters. The van der Waals surface area contributed by atoms with Gasteiger partial charge in [-0.15, -0.1) is 0 Å². The van der Waals surface area contributed by atoms with Crippen molar-refractivity contribution in [2.75, 3.05) is 7.05 Å². The topological polar surface area (TPSA) is 57.6 Å². The van der Waals surface area contributed by atoms with Crippen LogP contribution in [0.15, 0.2) is 64.5 Å². The molecule has 1 fully saturated rings. The Hall–Kier alpha value is -2.34. The second kappa shape index (κ2) is 10.1. The van der Waals surface area contributed by atoms with Crippen molar-refractivity contribution in [1.82, 2.24) is 15.3 Å². The van der Waals surface area contributed by atoms with E-state index in [1.807, 2.05) is 36.3 Å². The Morgan fingerprint density at radius 1 is 1.27 bits per heavy atom. The normalized spacial score (nSPS) is 23.4. The van der Waals surface area contributed by atoms with Crippen LogP contribution >= 0.6 is 11.8 Å². The van der Waals surface area contributed by atoms with Crippen molar-refractivity contribution >= 4 is 22.7 Å². The maximum atomic E-state index is 12.4. The van der Waals surface area contributed by atoms with Crippen LogP contribution in [-0.4, -0.2) is 28.0 Å². The summed E-state index contributed by atoms with van der Waals surface area (Å²) in [6.45, 7) is 0.512. The van der Waals surface area contributed by atoms with Crippen LogP contribution in [0.5, 0.6) is 0 Å². The van der Waals surface area contributed by atoms with E-state index in [1.54, 1.807) is 24.2 Å². The number of rotatable bonds is 6. The van der Waals surface area contributed by atoms with E-state index in [0.29, 0.717) is 6.54 Å². The molecule has 0 bridgehead atoms. The summed E-state index contributed by atoms with van der Waals surface area (Å²) in [5.74, 6) is 1.05. The summed E-state index contributed by atoms with van der Waals surface area (Å²) in [5.41, 5.74) is 1.77. The average Bonchev–Trinajstić information content (AvgIpc) is 3.18. The van der Waals surface area contributed by atoms with Gasteiger partial charge in [0, 0.05) is 37.5 Å². The molecule has 0 aromatic carbocycles. The summed E-state index contributed by atoms with van der Waals surface area (Å²) in [4.78, 5) is 16.4. The Labute approximate surface area is 183 Å². The van der Waals surface area contributed by atoms with Gasteiger partial charge in [-0.25, -0.2) is 0 Å². The van der Waals surface area contributed by atoms with E-state index in [2.05, 4.69) is 22.5 Å². The summed E-state index contributed by atoms with van der Waals surface area (Å²) < 4.78 is 0. The molecular weight excluding hydrogens is 392 g/mol. The maximum absolute atomic E-state index is 12.4. The molecule has 1 aromatic heterocycles. The van der Waals surface area contributed by atoms with Crippen molar-refractivity contribution in [3.8, 4) is 0 Å². The van der Waals surface area contributed by atoms with Crippen LogP contribution in [0.25, 0.3) is 0 Å². The van der Waals surface area contributed by atoms with E-state index in [9.17, 15) is 4.79 Å². The number of hydrogen-bond donors (Lipinski definition) is 1. The molecule has 1 N–H and O–H groups in total. The Bertz CT molecular complexity index is 868. The van der Waals surface area contributed by atoms with Gasteiger partial charge in [-0.1, -0.05) is 68.2 Å². The summed E-state index contributed by atoms with van der Waals surface area (Å²) in [7, 11) is 2.03. The second-order valence-electron chi connectivity index (χ2n) is 8.24. The number of aromatic nitrogens is 1. The molecule has 2 aliphatic carbocycles. The molecule has 5 nitrogen and oxygen atoms in total. The van der Waals surface area contributed by atoms with Gasteiger partial charge in [0.1, 0.15) is 5.04 Å². The van der Waals surface area contributed by atoms with Crippen LogP contribution in [0, 0.1) is 11.8 Å². The molecule has 2 heterocycles. The van der Waals surface area contributed by atoms with Gasteiger partial charge in [0.15, 0.2) is 0 Å². The summed E-state index contributed by atoms with van der Waals surface area (Å²) in [6, 6.07) is 3.82. The minimum absolute atomic E-state index is 0.0345. The molecule has 1 aliphatic heterocycles. The SMILES string of the molecule is CN1N=C(C2C=CC(C(=O)NCc3ccncc3)=CC2)S/C1=C/CC1CCCCC1. The average molecular weight is 423 g/mol. The lowest BCUT2D eigenvalue weighted by atomic mass is 9.87. The molecule has 158 valence electrons.